The maximum Gasteiger partial charge on any atom is 0.314 e. The molecule has 2 heterocycles. The lowest BCUT2D eigenvalue weighted by molar-refractivity contribution is -0.140. The van der Waals surface area contributed by atoms with Gasteiger partial charge >= 0.3 is 5.97 Å². The summed E-state index contributed by atoms with van der Waals surface area (Å²) in [6, 6.07) is 13.1. The second-order valence-corrected chi connectivity index (χ2v) is 12.6. The van der Waals surface area contributed by atoms with E-state index in [0.717, 1.165) is 11.1 Å². The number of aryl methyl sites for hydroxylation is 2. The van der Waals surface area contributed by atoms with Gasteiger partial charge in [0, 0.05) is 24.6 Å². The van der Waals surface area contributed by atoms with Crippen LogP contribution in [-0.4, -0.2) is 43.3 Å². The highest BCUT2D eigenvalue weighted by Crippen LogP contribution is 2.45. The molecular formula is C23H27NO4S3. The smallest absolute Gasteiger partial charge is 0.314 e. The minimum Gasteiger partial charge on any atom is -0.426 e. The van der Waals surface area contributed by atoms with Crippen molar-refractivity contribution in [1.82, 2.24) is 4.31 Å². The third kappa shape index (κ3) is 5.13. The number of ether oxygens (including phenoxy) is 1. The van der Waals surface area contributed by atoms with Gasteiger partial charge in [0.25, 0.3) is 0 Å². The SMILES string of the molecule is Cc1ccc(S(=O)(=O)N2CCC(C(=O)Oc3ccc(C4SCCS4)cc3)CC2)c(C)c1. The van der Waals surface area contributed by atoms with Crippen molar-refractivity contribution in [2.24, 2.45) is 5.92 Å². The van der Waals surface area contributed by atoms with E-state index in [-0.39, 0.29) is 11.9 Å². The molecule has 8 heteroatoms. The molecule has 0 radical (unpaired) electrons. The van der Waals surface area contributed by atoms with Crippen molar-refractivity contribution in [3.8, 4) is 5.75 Å². The van der Waals surface area contributed by atoms with Crippen LogP contribution in [-0.2, 0) is 14.8 Å². The van der Waals surface area contributed by atoms with Gasteiger partial charge in [0.15, 0.2) is 0 Å². The van der Waals surface area contributed by atoms with Crippen LogP contribution in [0.15, 0.2) is 47.4 Å². The molecule has 0 N–H and O–H groups in total. The first-order valence-corrected chi connectivity index (χ1v) is 14.0. The van der Waals surface area contributed by atoms with Gasteiger partial charge in [-0.05, 0) is 56.0 Å². The van der Waals surface area contributed by atoms with E-state index >= 15 is 0 Å². The molecule has 31 heavy (non-hydrogen) atoms. The highest BCUT2D eigenvalue weighted by atomic mass is 32.2. The predicted octanol–water partition coefficient (Wildman–Crippen LogP) is 4.79. The monoisotopic (exact) mass is 477 g/mol. The molecule has 2 aliphatic heterocycles. The number of hydrogen-bond donors (Lipinski definition) is 0. The maximum absolute atomic E-state index is 13.0. The summed E-state index contributed by atoms with van der Waals surface area (Å²) in [6.45, 7) is 4.41. The molecule has 0 amide bonds. The van der Waals surface area contributed by atoms with Gasteiger partial charge in [0.1, 0.15) is 5.75 Å². The van der Waals surface area contributed by atoms with Gasteiger partial charge in [-0.3, -0.25) is 4.79 Å². The van der Waals surface area contributed by atoms with E-state index in [1.165, 1.54) is 21.4 Å². The number of sulfonamides is 1. The van der Waals surface area contributed by atoms with Crippen molar-refractivity contribution in [3.63, 3.8) is 0 Å². The Morgan fingerprint density at radius 1 is 1.00 bits per heavy atom. The molecule has 2 aromatic rings. The first-order valence-electron chi connectivity index (χ1n) is 10.5. The maximum atomic E-state index is 13.0. The van der Waals surface area contributed by atoms with Gasteiger partial charge in [-0.1, -0.05) is 29.8 Å². The number of carbonyl (C=O) groups excluding carboxylic acids is 1. The molecule has 2 aromatic carbocycles. The lowest BCUT2D eigenvalue weighted by Crippen LogP contribution is -2.41. The number of hydrogen-bond acceptors (Lipinski definition) is 6. The number of thioether (sulfide) groups is 2. The van der Waals surface area contributed by atoms with Gasteiger partial charge in [0.05, 0.1) is 15.4 Å². The summed E-state index contributed by atoms with van der Waals surface area (Å²) in [4.78, 5) is 13.0. The topological polar surface area (TPSA) is 63.7 Å². The van der Waals surface area contributed by atoms with E-state index in [2.05, 4.69) is 0 Å². The first kappa shape index (κ1) is 22.7. The number of benzene rings is 2. The normalized spacial score (nSPS) is 18.9. The molecule has 2 fully saturated rings. The van der Waals surface area contributed by atoms with Crippen molar-refractivity contribution in [2.75, 3.05) is 24.6 Å². The summed E-state index contributed by atoms with van der Waals surface area (Å²) in [6.07, 6.45) is 0.937. The van der Waals surface area contributed by atoms with Crippen LogP contribution in [0, 0.1) is 19.8 Å². The largest absolute Gasteiger partial charge is 0.426 e. The van der Waals surface area contributed by atoms with Gasteiger partial charge < -0.3 is 4.74 Å². The Balaban J connectivity index is 1.34. The van der Waals surface area contributed by atoms with E-state index in [4.69, 9.17) is 4.74 Å². The van der Waals surface area contributed by atoms with E-state index in [9.17, 15) is 13.2 Å². The Labute approximate surface area is 193 Å². The molecule has 0 aromatic heterocycles. The molecular weight excluding hydrogens is 450 g/mol. The fourth-order valence-electron chi connectivity index (χ4n) is 4.00. The molecule has 166 valence electrons. The third-order valence-electron chi connectivity index (χ3n) is 5.73. The van der Waals surface area contributed by atoms with Crippen molar-refractivity contribution < 1.29 is 17.9 Å². The number of nitrogens with zero attached hydrogens (tertiary/aromatic N) is 1. The molecule has 2 aliphatic rings. The van der Waals surface area contributed by atoms with Crippen molar-refractivity contribution in [3.05, 3.63) is 59.2 Å². The van der Waals surface area contributed by atoms with Crippen LogP contribution in [0.4, 0.5) is 0 Å². The third-order valence-corrected chi connectivity index (χ3v) is 10.9. The fourth-order valence-corrected chi connectivity index (χ4v) is 8.54. The minimum atomic E-state index is -3.55. The standard InChI is InChI=1S/C23H27NO4S3/c1-16-3-8-21(17(2)15-16)31(26,27)24-11-9-18(10-12-24)22(25)28-20-6-4-19(5-7-20)23-29-13-14-30-23/h3-8,15,18,23H,9-14H2,1-2H3. The molecule has 0 unspecified atom stereocenters. The Bertz CT molecular complexity index is 1040. The molecule has 0 atom stereocenters. The summed E-state index contributed by atoms with van der Waals surface area (Å²) < 4.78 is 33.6. The van der Waals surface area contributed by atoms with Crippen LogP contribution < -0.4 is 4.74 Å². The van der Waals surface area contributed by atoms with Gasteiger partial charge in [-0.2, -0.15) is 4.31 Å². The Hall–Kier alpha value is -1.48. The highest BCUT2D eigenvalue weighted by molar-refractivity contribution is 8.19. The zero-order chi connectivity index (χ0) is 22.0. The van der Waals surface area contributed by atoms with Crippen LogP contribution >= 0.6 is 23.5 Å². The van der Waals surface area contributed by atoms with Crippen LogP contribution in [0.3, 0.4) is 0 Å². The van der Waals surface area contributed by atoms with Gasteiger partial charge in [-0.15, -0.1) is 23.5 Å². The Morgan fingerprint density at radius 3 is 2.26 bits per heavy atom. The molecule has 2 saturated heterocycles. The lowest BCUT2D eigenvalue weighted by atomic mass is 9.98. The van der Waals surface area contributed by atoms with Gasteiger partial charge in [0.2, 0.25) is 10.0 Å². The van der Waals surface area contributed by atoms with Crippen molar-refractivity contribution in [1.29, 1.82) is 0 Å². The average molecular weight is 478 g/mol. The lowest BCUT2D eigenvalue weighted by Gasteiger charge is -2.30. The molecule has 0 spiro atoms. The predicted molar refractivity (Wildman–Crippen MR) is 127 cm³/mol. The van der Waals surface area contributed by atoms with Crippen LogP contribution in [0.2, 0.25) is 0 Å². The number of esters is 1. The molecule has 0 aliphatic carbocycles. The molecule has 5 nitrogen and oxygen atoms in total. The quantitative estimate of drug-likeness (QED) is 0.456. The average Bonchev–Trinajstić information content (AvgIpc) is 3.29. The zero-order valence-corrected chi connectivity index (χ0v) is 20.2. The van der Waals surface area contributed by atoms with Crippen molar-refractivity contribution >= 4 is 39.5 Å². The molecule has 4 rings (SSSR count). The minimum absolute atomic E-state index is 0.277. The van der Waals surface area contributed by atoms with E-state index < -0.39 is 10.0 Å². The summed E-state index contributed by atoms with van der Waals surface area (Å²) in [5, 5.41) is 0. The van der Waals surface area contributed by atoms with Crippen LogP contribution in [0.1, 0.15) is 34.1 Å². The Morgan fingerprint density at radius 2 is 1.65 bits per heavy atom. The summed E-state index contributed by atoms with van der Waals surface area (Å²) in [5.41, 5.74) is 3.03. The Kier molecular flexibility index (Phi) is 7.01. The summed E-state index contributed by atoms with van der Waals surface area (Å²) in [5.74, 6) is 2.33. The van der Waals surface area contributed by atoms with E-state index in [1.807, 2.05) is 73.8 Å². The summed E-state index contributed by atoms with van der Waals surface area (Å²) >= 11 is 3.88. The van der Waals surface area contributed by atoms with E-state index in [1.54, 1.807) is 6.07 Å². The van der Waals surface area contributed by atoms with Crippen LogP contribution in [0.5, 0.6) is 5.75 Å². The van der Waals surface area contributed by atoms with Crippen LogP contribution in [0.25, 0.3) is 0 Å². The molecule has 0 bridgehead atoms. The zero-order valence-electron chi connectivity index (χ0n) is 17.7. The van der Waals surface area contributed by atoms with Crippen molar-refractivity contribution in [2.45, 2.75) is 36.2 Å². The number of piperidine rings is 1. The summed E-state index contributed by atoms with van der Waals surface area (Å²) in [7, 11) is -3.55. The second kappa shape index (κ2) is 9.57. The highest BCUT2D eigenvalue weighted by Gasteiger charge is 2.33. The molecule has 0 saturated carbocycles. The van der Waals surface area contributed by atoms with Gasteiger partial charge in [-0.25, -0.2) is 8.42 Å². The van der Waals surface area contributed by atoms with E-state index in [0.29, 0.717) is 41.2 Å². The number of carbonyl (C=O) groups is 1. The fraction of sp³-hybridized carbons (Fsp3) is 0.435. The number of rotatable bonds is 5. The second-order valence-electron chi connectivity index (χ2n) is 8.01. The first-order chi connectivity index (χ1) is 14.8.